The van der Waals surface area contributed by atoms with Crippen LogP contribution in [0, 0.1) is 0 Å². The van der Waals surface area contributed by atoms with Crippen LogP contribution in [0.15, 0.2) is 0 Å². The van der Waals surface area contributed by atoms with Gasteiger partial charge in [0.05, 0.1) is 93.7 Å². The Kier molecular flexibility index (Phi) is 12.3. The van der Waals surface area contributed by atoms with E-state index in [4.69, 9.17) is 195 Å². The fraction of sp³-hybridized carbons (Fsp3) is 0.0833. The largest absolute Gasteiger partial charge is 0.420 e. The van der Waals surface area contributed by atoms with Crippen LogP contribution in [-0.2, 0) is 23.2 Å². The number of fused-ring (bicyclic) bond motifs is 3. The average molecular weight is 968 g/mol. The van der Waals surface area contributed by atoms with Crippen molar-refractivity contribution >= 4 is 209 Å². The zero-order valence-corrected chi connectivity index (χ0v) is 33.0. The second kappa shape index (κ2) is 14.4. The molecule has 3 aromatic carbocycles. The Bertz CT molecular complexity index is 1840. The van der Waals surface area contributed by atoms with Crippen LogP contribution in [0.3, 0.4) is 0 Å². The number of ether oxygens (including phenoxy) is 3. The molecule has 3 aromatic rings. The Labute approximate surface area is 342 Å². The molecule has 0 atom stereocenters. The first kappa shape index (κ1) is 40.2. The van der Waals surface area contributed by atoms with Crippen LogP contribution in [0.2, 0.25) is 60.3 Å². The lowest BCUT2D eigenvalue weighted by molar-refractivity contribution is 0.0430. The van der Waals surface area contributed by atoms with Gasteiger partial charge in [0.25, 0.3) is 9.04 Å². The van der Waals surface area contributed by atoms with Gasteiger partial charge < -0.3 is 14.2 Å². The predicted octanol–water partition coefficient (Wildman–Crippen LogP) is 13.7. The van der Waals surface area contributed by atoms with Crippen molar-refractivity contribution in [3.8, 4) is 0 Å². The smallest absolute Gasteiger partial charge is 0.348 e. The van der Waals surface area contributed by atoms with Crippen LogP contribution in [0.5, 0.6) is 0 Å². The highest BCUT2D eigenvalue weighted by Gasteiger charge is 2.49. The van der Waals surface area contributed by atoms with Crippen molar-refractivity contribution in [2.75, 3.05) is 0 Å². The maximum atomic E-state index is 11.5. The highest BCUT2D eigenvalue weighted by molar-refractivity contribution is 6.58. The van der Waals surface area contributed by atoms with Crippen molar-refractivity contribution in [3.63, 3.8) is 0 Å². The summed E-state index contributed by atoms with van der Waals surface area (Å²) in [4.78, 5) is 45.4. The van der Waals surface area contributed by atoms with Crippen LogP contribution in [0.4, 0.5) is 0 Å². The Hall–Kier alpha value is 0.380. The fourth-order valence-electron chi connectivity index (χ4n) is 3.83. The molecule has 3 heterocycles. The quantitative estimate of drug-likeness (QED) is 0.0553. The first-order valence-corrected chi connectivity index (χ1v) is 17.1. The number of halogens is 16. The molecule has 3 aliphatic heterocycles. The van der Waals surface area contributed by atoms with Gasteiger partial charge in [0.1, 0.15) is 0 Å². The van der Waals surface area contributed by atoms with Gasteiger partial charge in [-0.1, -0.05) is 186 Å². The Morgan fingerprint density at radius 2 is 0.553 bits per heavy atom. The second-order valence-electron chi connectivity index (χ2n) is 8.51. The molecule has 0 aromatic heterocycles. The topological polar surface area (TPSA) is 96.0 Å². The molecule has 0 bridgehead atoms. The summed E-state index contributed by atoms with van der Waals surface area (Å²) in [6, 6.07) is 0. The van der Waals surface area contributed by atoms with Gasteiger partial charge in [0.15, 0.2) is 0 Å². The van der Waals surface area contributed by atoms with E-state index in [1.165, 1.54) is 0 Å². The summed E-state index contributed by atoms with van der Waals surface area (Å²) in [7, 11) is 0. The molecular weight excluding hydrogens is 968 g/mol. The number of carbonyl (C=O) groups excluding carboxylic acids is 4. The molecule has 23 heteroatoms. The van der Waals surface area contributed by atoms with Crippen molar-refractivity contribution in [3.05, 3.63) is 93.7 Å². The third kappa shape index (κ3) is 6.98. The minimum absolute atomic E-state index is 0.0156. The van der Waals surface area contributed by atoms with Gasteiger partial charge in [0.2, 0.25) is 0 Å². The molecule has 0 N–H and O–H groups in total. The van der Waals surface area contributed by atoms with Crippen LogP contribution in [-0.4, -0.2) is 23.9 Å². The van der Waals surface area contributed by atoms with Crippen LogP contribution in [0.25, 0.3) is 0 Å². The number of alkyl halides is 4. The highest BCUT2D eigenvalue weighted by atomic mass is 35.5. The van der Waals surface area contributed by atoms with E-state index < -0.39 is 32.9 Å². The van der Waals surface area contributed by atoms with E-state index in [0.29, 0.717) is 0 Å². The van der Waals surface area contributed by atoms with Crippen molar-refractivity contribution in [1.82, 2.24) is 0 Å². The first-order chi connectivity index (χ1) is 21.5. The molecule has 0 saturated heterocycles. The molecule has 6 rings (SSSR count). The van der Waals surface area contributed by atoms with E-state index in [1.54, 1.807) is 0 Å². The summed E-state index contributed by atoms with van der Waals surface area (Å²) in [5, 5.41) is -0.837. The molecule has 0 unspecified atom stereocenters. The van der Waals surface area contributed by atoms with E-state index in [-0.39, 0.29) is 93.7 Å². The van der Waals surface area contributed by atoms with Gasteiger partial charge in [-0.3, -0.25) is 0 Å². The van der Waals surface area contributed by atoms with Gasteiger partial charge in [-0.15, -0.1) is 0 Å². The zero-order chi connectivity index (χ0) is 35.8. The number of benzene rings is 3. The number of hydrogen-bond donors (Lipinski definition) is 0. The SMILES string of the molecule is O=C1OC(=O)c2c(Cl)c(Cl)c(Cl)c(Cl)c21.O=C1OC(Cl)(Cl)c2c(Cl)c(Cl)c(Cl)c(Cl)c21.O=C1OC(Cl)(Cl)c2c(Cl)c(Cl)c(Cl)c(Cl)c21. The molecule has 0 spiro atoms. The molecule has 3 aliphatic rings. The average Bonchev–Trinajstić information content (AvgIpc) is 3.52. The minimum atomic E-state index is -1.90. The van der Waals surface area contributed by atoms with Gasteiger partial charge >= 0.3 is 23.9 Å². The Balaban J connectivity index is 0.000000160. The number of hydrogen-bond acceptors (Lipinski definition) is 7. The molecule has 0 amide bonds. The molecule has 0 saturated carbocycles. The van der Waals surface area contributed by atoms with Gasteiger partial charge in [-0.05, 0) is 0 Å². The van der Waals surface area contributed by atoms with Crippen molar-refractivity contribution in [1.29, 1.82) is 0 Å². The molecule has 0 radical (unpaired) electrons. The van der Waals surface area contributed by atoms with Gasteiger partial charge in [-0.2, -0.15) is 0 Å². The number of rotatable bonds is 0. The van der Waals surface area contributed by atoms with E-state index >= 15 is 0 Å². The molecule has 47 heavy (non-hydrogen) atoms. The third-order valence-electron chi connectivity index (χ3n) is 5.83. The van der Waals surface area contributed by atoms with E-state index in [1.807, 2.05) is 0 Å². The molecule has 0 fully saturated rings. The van der Waals surface area contributed by atoms with Crippen LogP contribution < -0.4 is 0 Å². The summed E-state index contributed by atoms with van der Waals surface area (Å²) >= 11 is 92.7. The summed E-state index contributed by atoms with van der Waals surface area (Å²) in [5.74, 6) is -3.35. The third-order valence-corrected chi connectivity index (χ3v) is 12.3. The molecule has 250 valence electrons. The maximum Gasteiger partial charge on any atom is 0.348 e. The Morgan fingerprint density at radius 3 is 0.830 bits per heavy atom. The second-order valence-corrected chi connectivity index (χ2v) is 15.6. The monoisotopic (exact) mass is 959 g/mol. The maximum absolute atomic E-state index is 11.5. The molecular formula is C24Cl16O7. The first-order valence-electron chi connectivity index (χ1n) is 11.1. The summed E-state index contributed by atoms with van der Waals surface area (Å²) in [6.45, 7) is 0. The van der Waals surface area contributed by atoms with E-state index in [2.05, 4.69) is 4.74 Å². The lowest BCUT2D eigenvalue weighted by atomic mass is 10.1. The van der Waals surface area contributed by atoms with Crippen molar-refractivity contribution in [2.45, 2.75) is 9.04 Å². The van der Waals surface area contributed by atoms with Crippen molar-refractivity contribution < 1.29 is 33.4 Å². The number of esters is 4. The lowest BCUT2D eigenvalue weighted by Crippen LogP contribution is -2.09. The van der Waals surface area contributed by atoms with Gasteiger partial charge in [-0.25, -0.2) is 19.2 Å². The molecule has 7 nitrogen and oxygen atoms in total. The zero-order valence-electron chi connectivity index (χ0n) is 20.9. The Morgan fingerprint density at radius 1 is 0.319 bits per heavy atom. The van der Waals surface area contributed by atoms with Crippen LogP contribution in [0.1, 0.15) is 52.6 Å². The predicted molar refractivity (Wildman–Crippen MR) is 187 cm³/mol. The highest BCUT2D eigenvalue weighted by Crippen LogP contribution is 2.55. The standard InChI is InChI=1S/2C8Cl6O2.C8Cl4O3/c2*9-3-1-2(4(10)6(12)5(3)11)8(13,14)16-7(1)15;9-3-1-2(8(14)15-7(1)13)4(10)6(12)5(3)11. The van der Waals surface area contributed by atoms with Crippen LogP contribution >= 0.6 is 186 Å². The number of cyclic esters (lactones) is 4. The lowest BCUT2D eigenvalue weighted by Gasteiger charge is -2.14. The summed E-state index contributed by atoms with van der Waals surface area (Å²) < 4.78 is 9.93. The van der Waals surface area contributed by atoms with E-state index in [9.17, 15) is 19.2 Å². The van der Waals surface area contributed by atoms with E-state index in [0.717, 1.165) is 0 Å². The van der Waals surface area contributed by atoms with Gasteiger partial charge in [0, 0.05) is 0 Å². The summed E-state index contributed by atoms with van der Waals surface area (Å²) in [5.41, 5.74) is -0.372. The fourth-order valence-corrected chi connectivity index (χ4v) is 8.19. The number of carbonyl (C=O) groups is 4. The molecule has 0 aliphatic carbocycles. The normalized spacial score (nSPS) is 16.3. The summed E-state index contributed by atoms with van der Waals surface area (Å²) in [6.07, 6.45) is 0. The van der Waals surface area contributed by atoms with Crippen molar-refractivity contribution in [2.24, 2.45) is 0 Å². The minimum Gasteiger partial charge on any atom is -0.420 e.